The Kier molecular flexibility index (Phi) is 6.91. The zero-order valence-corrected chi connectivity index (χ0v) is 19.1. The van der Waals surface area contributed by atoms with Gasteiger partial charge in [-0.05, 0) is 55.3 Å². The molecule has 0 amide bonds. The minimum Gasteiger partial charge on any atom is -0.469 e. The summed E-state index contributed by atoms with van der Waals surface area (Å²) < 4.78 is 45.5. The van der Waals surface area contributed by atoms with Crippen molar-refractivity contribution in [3.8, 4) is 11.3 Å². The van der Waals surface area contributed by atoms with Crippen molar-refractivity contribution in [2.75, 3.05) is 7.11 Å². The fraction of sp³-hybridized carbons (Fsp3) is 0.304. The summed E-state index contributed by atoms with van der Waals surface area (Å²) in [5.41, 5.74) is 1.04. The van der Waals surface area contributed by atoms with Crippen molar-refractivity contribution >= 4 is 29.2 Å². The van der Waals surface area contributed by atoms with Crippen molar-refractivity contribution in [3.63, 3.8) is 0 Å². The molecule has 0 saturated heterocycles. The molecule has 32 heavy (non-hydrogen) atoms. The molecule has 9 heteroatoms. The van der Waals surface area contributed by atoms with Gasteiger partial charge in [0.05, 0.1) is 46.1 Å². The molecule has 0 aliphatic carbocycles. The number of carbonyl (C=O) groups is 1. The van der Waals surface area contributed by atoms with Crippen LogP contribution in [0.25, 0.3) is 11.3 Å². The van der Waals surface area contributed by atoms with Gasteiger partial charge in [-0.3, -0.25) is 9.48 Å². The molecule has 0 saturated carbocycles. The molecule has 0 radical (unpaired) electrons. The molecule has 3 aromatic rings. The number of methoxy groups -OCH3 is 1. The lowest BCUT2D eigenvalue weighted by Gasteiger charge is -2.19. The van der Waals surface area contributed by atoms with Crippen molar-refractivity contribution in [3.05, 3.63) is 75.4 Å². The highest BCUT2D eigenvalue weighted by Crippen LogP contribution is 2.32. The molecule has 3 rings (SSSR count). The number of ether oxygens (including phenoxy) is 1. The van der Waals surface area contributed by atoms with Gasteiger partial charge in [0.2, 0.25) is 0 Å². The lowest BCUT2D eigenvalue weighted by Crippen LogP contribution is -2.28. The maximum atomic E-state index is 13.0. The van der Waals surface area contributed by atoms with Crippen molar-refractivity contribution in [1.29, 1.82) is 0 Å². The van der Waals surface area contributed by atoms with Crippen molar-refractivity contribution in [2.24, 2.45) is 5.41 Å². The van der Waals surface area contributed by atoms with E-state index in [9.17, 15) is 18.0 Å². The third-order valence-electron chi connectivity index (χ3n) is 5.02. The summed E-state index contributed by atoms with van der Waals surface area (Å²) in [5, 5.41) is 5.42. The smallest absolute Gasteiger partial charge is 0.416 e. The number of halogens is 5. The highest BCUT2D eigenvalue weighted by atomic mass is 35.5. The second kappa shape index (κ2) is 9.16. The summed E-state index contributed by atoms with van der Waals surface area (Å²) in [5.74, 6) is -0.382. The molecule has 1 heterocycles. The van der Waals surface area contributed by atoms with Crippen LogP contribution in [-0.2, 0) is 28.7 Å². The fourth-order valence-electron chi connectivity index (χ4n) is 3.35. The summed E-state index contributed by atoms with van der Waals surface area (Å²) in [6.07, 6.45) is -4.13. The van der Waals surface area contributed by atoms with Gasteiger partial charge < -0.3 is 4.74 Å². The Morgan fingerprint density at radius 1 is 1.03 bits per heavy atom. The van der Waals surface area contributed by atoms with E-state index >= 15 is 0 Å². The van der Waals surface area contributed by atoms with Gasteiger partial charge in [-0.15, -0.1) is 0 Å². The first kappa shape index (κ1) is 24.1. The first-order valence-electron chi connectivity index (χ1n) is 9.67. The minimum atomic E-state index is -4.42. The molecule has 0 fully saturated rings. The van der Waals surface area contributed by atoms with E-state index in [0.717, 1.165) is 17.7 Å². The Labute approximate surface area is 193 Å². The van der Waals surface area contributed by atoms with Gasteiger partial charge in [0, 0.05) is 6.42 Å². The van der Waals surface area contributed by atoms with E-state index in [4.69, 9.17) is 27.9 Å². The van der Waals surface area contributed by atoms with Crippen LogP contribution in [0.4, 0.5) is 13.2 Å². The first-order valence-corrected chi connectivity index (χ1v) is 10.4. The fourth-order valence-corrected chi connectivity index (χ4v) is 3.67. The van der Waals surface area contributed by atoms with Crippen LogP contribution in [0.15, 0.2) is 48.5 Å². The van der Waals surface area contributed by atoms with Gasteiger partial charge in [-0.25, -0.2) is 0 Å². The van der Waals surface area contributed by atoms with Gasteiger partial charge in [0.15, 0.2) is 0 Å². The van der Waals surface area contributed by atoms with E-state index in [1.54, 1.807) is 42.8 Å². The summed E-state index contributed by atoms with van der Waals surface area (Å²) in [6, 6.07) is 11.8. The van der Waals surface area contributed by atoms with E-state index in [-0.39, 0.29) is 5.97 Å². The van der Waals surface area contributed by atoms with Gasteiger partial charge in [0.25, 0.3) is 0 Å². The Hall–Kier alpha value is -2.51. The summed E-state index contributed by atoms with van der Waals surface area (Å²) >= 11 is 12.1. The largest absolute Gasteiger partial charge is 0.469 e. The predicted molar refractivity (Wildman–Crippen MR) is 118 cm³/mol. The quantitative estimate of drug-likeness (QED) is 0.367. The molecule has 0 unspecified atom stereocenters. The normalized spacial score (nSPS) is 12.1. The molecule has 1 aromatic heterocycles. The lowest BCUT2D eigenvalue weighted by molar-refractivity contribution is -0.150. The van der Waals surface area contributed by atoms with Crippen LogP contribution < -0.4 is 0 Å². The second-order valence-electron chi connectivity index (χ2n) is 8.05. The molecule has 4 nitrogen and oxygen atoms in total. The minimum absolute atomic E-state index is 0.293. The van der Waals surface area contributed by atoms with Crippen molar-refractivity contribution < 1.29 is 22.7 Å². The number of benzene rings is 2. The van der Waals surface area contributed by atoms with Gasteiger partial charge >= 0.3 is 12.1 Å². The molecule has 170 valence electrons. The molecule has 0 bridgehead atoms. The number of esters is 1. The Bertz CT molecular complexity index is 1120. The van der Waals surface area contributed by atoms with E-state index in [1.165, 1.54) is 19.2 Å². The van der Waals surface area contributed by atoms with Gasteiger partial charge in [0.1, 0.15) is 0 Å². The van der Waals surface area contributed by atoms with Crippen LogP contribution in [0, 0.1) is 5.41 Å². The average molecular weight is 485 g/mol. The van der Waals surface area contributed by atoms with Crippen LogP contribution in [0.3, 0.4) is 0 Å². The van der Waals surface area contributed by atoms with Crippen LogP contribution >= 0.6 is 23.2 Å². The van der Waals surface area contributed by atoms with Gasteiger partial charge in [-0.1, -0.05) is 41.4 Å². The summed E-state index contributed by atoms with van der Waals surface area (Å²) in [4.78, 5) is 12.1. The standard InChI is InChI=1S/C23H21Cl2F3N2O2/c1-22(2,21(31)32-3)12-17-11-20(15-5-7-16(8-6-15)23(26,27)28)30(29-17)13-14-4-9-18(24)19(25)10-14/h4-11H,12-13H2,1-3H3. The molecule has 0 atom stereocenters. The number of alkyl halides is 3. The average Bonchev–Trinajstić information content (AvgIpc) is 3.10. The molecule has 0 N–H and O–H groups in total. The van der Waals surface area contributed by atoms with Crippen LogP contribution in [-0.4, -0.2) is 22.9 Å². The van der Waals surface area contributed by atoms with Crippen molar-refractivity contribution in [2.45, 2.75) is 33.0 Å². The maximum Gasteiger partial charge on any atom is 0.416 e. The first-order chi connectivity index (χ1) is 14.9. The second-order valence-corrected chi connectivity index (χ2v) is 8.87. The molecule has 2 aromatic carbocycles. The van der Waals surface area contributed by atoms with Crippen molar-refractivity contribution in [1.82, 2.24) is 9.78 Å². The predicted octanol–water partition coefficient (Wildman–Crippen LogP) is 6.67. The number of nitrogens with zero attached hydrogens (tertiary/aromatic N) is 2. The number of hydrogen-bond donors (Lipinski definition) is 0. The van der Waals surface area contributed by atoms with Crippen LogP contribution in [0.2, 0.25) is 10.0 Å². The summed E-state index contributed by atoms with van der Waals surface area (Å²) in [7, 11) is 1.32. The third-order valence-corrected chi connectivity index (χ3v) is 5.75. The van der Waals surface area contributed by atoms with E-state index in [0.29, 0.717) is 40.0 Å². The monoisotopic (exact) mass is 484 g/mol. The topological polar surface area (TPSA) is 44.1 Å². The molecular formula is C23H21Cl2F3N2O2. The Balaban J connectivity index is 2.02. The van der Waals surface area contributed by atoms with E-state index in [1.807, 2.05) is 0 Å². The maximum absolute atomic E-state index is 13.0. The molecule has 0 aliphatic heterocycles. The van der Waals surface area contributed by atoms with Crippen LogP contribution in [0.5, 0.6) is 0 Å². The van der Waals surface area contributed by atoms with E-state index in [2.05, 4.69) is 5.10 Å². The zero-order valence-electron chi connectivity index (χ0n) is 17.6. The highest BCUT2D eigenvalue weighted by Gasteiger charge is 2.31. The Morgan fingerprint density at radius 3 is 2.25 bits per heavy atom. The number of carbonyl (C=O) groups excluding carboxylic acids is 1. The number of hydrogen-bond acceptors (Lipinski definition) is 3. The molecular weight excluding hydrogens is 464 g/mol. The van der Waals surface area contributed by atoms with E-state index < -0.39 is 17.2 Å². The lowest BCUT2D eigenvalue weighted by atomic mass is 9.88. The SMILES string of the molecule is COC(=O)C(C)(C)Cc1cc(-c2ccc(C(F)(F)F)cc2)n(Cc2ccc(Cl)c(Cl)c2)n1. The Morgan fingerprint density at radius 2 is 1.69 bits per heavy atom. The number of aromatic nitrogens is 2. The summed E-state index contributed by atoms with van der Waals surface area (Å²) in [6.45, 7) is 3.80. The molecule has 0 spiro atoms. The molecule has 0 aliphatic rings. The zero-order chi connectivity index (χ0) is 23.7. The van der Waals surface area contributed by atoms with Crippen LogP contribution in [0.1, 0.15) is 30.7 Å². The number of rotatable bonds is 6. The highest BCUT2D eigenvalue weighted by molar-refractivity contribution is 6.42. The van der Waals surface area contributed by atoms with Gasteiger partial charge in [-0.2, -0.15) is 18.3 Å². The third kappa shape index (κ3) is 5.45.